The van der Waals surface area contributed by atoms with Crippen molar-refractivity contribution in [3.63, 3.8) is 0 Å². The molecule has 0 aliphatic heterocycles. The molecular weight excluding hydrogens is 281 g/mol. The van der Waals surface area contributed by atoms with Crippen LogP contribution in [0.3, 0.4) is 0 Å². The van der Waals surface area contributed by atoms with Crippen LogP contribution in [0.4, 0.5) is 13.2 Å². The molecule has 2 rings (SSSR count). The summed E-state index contributed by atoms with van der Waals surface area (Å²) < 4.78 is 39.6. The Hall–Kier alpha value is -2.03. The summed E-state index contributed by atoms with van der Waals surface area (Å²) in [6, 6.07) is 5.82. The summed E-state index contributed by atoms with van der Waals surface area (Å²) in [5.41, 5.74) is 0.473. The van der Waals surface area contributed by atoms with Crippen LogP contribution in [0.2, 0.25) is 0 Å². The van der Waals surface area contributed by atoms with E-state index in [0.29, 0.717) is 0 Å². The molecule has 1 amide bonds. The van der Waals surface area contributed by atoms with E-state index >= 15 is 0 Å². The minimum atomic E-state index is -2.67. The Morgan fingerprint density at radius 1 is 1.38 bits per heavy atom. The second kappa shape index (κ2) is 6.17. The van der Waals surface area contributed by atoms with Gasteiger partial charge in [-0.25, -0.2) is 13.2 Å². The van der Waals surface area contributed by atoms with Gasteiger partial charge in [0.15, 0.2) is 0 Å². The number of hydrogen-bond acceptors (Lipinski definition) is 2. The zero-order valence-electron chi connectivity index (χ0n) is 11.3. The molecule has 0 unspecified atom stereocenters. The number of carbonyl (C=O) groups is 1. The molecule has 0 heterocycles. The summed E-state index contributed by atoms with van der Waals surface area (Å²) in [7, 11) is 0. The van der Waals surface area contributed by atoms with Crippen molar-refractivity contribution in [3.05, 3.63) is 35.1 Å². The molecule has 0 radical (unpaired) electrons. The van der Waals surface area contributed by atoms with E-state index in [2.05, 4.69) is 5.32 Å². The first kappa shape index (κ1) is 15.4. The third-order valence-electron chi connectivity index (χ3n) is 3.72. The van der Waals surface area contributed by atoms with E-state index in [0.717, 1.165) is 6.07 Å². The fourth-order valence-electron chi connectivity index (χ4n) is 2.39. The molecular formula is C15H15F3N2O. The van der Waals surface area contributed by atoms with Crippen molar-refractivity contribution in [1.82, 2.24) is 5.32 Å². The summed E-state index contributed by atoms with van der Waals surface area (Å²) in [6.07, 6.45) is -0.268. The second-order valence-electron chi connectivity index (χ2n) is 5.27. The number of hydrogen-bond donors (Lipinski definition) is 1. The average Bonchev–Trinajstić information content (AvgIpc) is 2.45. The van der Waals surface area contributed by atoms with Crippen LogP contribution in [0.5, 0.6) is 0 Å². The summed E-state index contributed by atoms with van der Waals surface area (Å²) in [5.74, 6) is -4.00. The number of nitrogens with zero attached hydrogens (tertiary/aromatic N) is 1. The van der Waals surface area contributed by atoms with Crippen LogP contribution in [0.1, 0.15) is 36.8 Å². The van der Waals surface area contributed by atoms with Gasteiger partial charge in [0.1, 0.15) is 5.82 Å². The molecule has 0 bridgehead atoms. The molecule has 1 N–H and O–H groups in total. The van der Waals surface area contributed by atoms with Crippen molar-refractivity contribution >= 4 is 5.91 Å². The highest BCUT2D eigenvalue weighted by Crippen LogP contribution is 2.36. The number of nitrogens with one attached hydrogen (secondary N) is 1. The highest BCUT2D eigenvalue weighted by Gasteiger charge is 2.37. The van der Waals surface area contributed by atoms with Gasteiger partial charge in [0.25, 0.3) is 0 Å². The topological polar surface area (TPSA) is 52.9 Å². The van der Waals surface area contributed by atoms with Gasteiger partial charge in [-0.1, -0.05) is 6.07 Å². The monoisotopic (exact) mass is 296 g/mol. The first-order valence-electron chi connectivity index (χ1n) is 6.75. The van der Waals surface area contributed by atoms with Gasteiger partial charge in [-0.15, -0.1) is 0 Å². The standard InChI is InChI=1S/C15H15F3N2O/c16-13-7-10(8-19)1-2-12(13)9-20-14(21)11-3-5-15(17,18)6-4-11/h1-2,7,11H,3-6,9H2,(H,20,21). The van der Waals surface area contributed by atoms with Crippen LogP contribution in [-0.4, -0.2) is 11.8 Å². The number of amides is 1. The van der Waals surface area contributed by atoms with Crippen molar-refractivity contribution in [2.45, 2.75) is 38.2 Å². The first-order chi connectivity index (χ1) is 9.91. The minimum Gasteiger partial charge on any atom is -0.352 e. The Morgan fingerprint density at radius 2 is 2.05 bits per heavy atom. The van der Waals surface area contributed by atoms with Crippen LogP contribution >= 0.6 is 0 Å². The van der Waals surface area contributed by atoms with Gasteiger partial charge < -0.3 is 5.32 Å². The Balaban J connectivity index is 1.89. The number of nitriles is 1. The normalized spacial score (nSPS) is 18.0. The van der Waals surface area contributed by atoms with Gasteiger partial charge in [0.05, 0.1) is 11.6 Å². The fourth-order valence-corrected chi connectivity index (χ4v) is 2.39. The summed E-state index contributed by atoms with van der Waals surface area (Å²) in [4.78, 5) is 11.9. The Labute approximate surface area is 120 Å². The smallest absolute Gasteiger partial charge is 0.248 e. The van der Waals surface area contributed by atoms with Crippen LogP contribution < -0.4 is 5.32 Å². The Morgan fingerprint density at radius 3 is 2.62 bits per heavy atom. The maximum absolute atomic E-state index is 13.6. The molecule has 0 saturated heterocycles. The zero-order valence-corrected chi connectivity index (χ0v) is 11.3. The lowest BCUT2D eigenvalue weighted by molar-refractivity contribution is -0.129. The second-order valence-corrected chi connectivity index (χ2v) is 5.27. The largest absolute Gasteiger partial charge is 0.352 e. The SMILES string of the molecule is N#Cc1ccc(CNC(=O)C2CCC(F)(F)CC2)c(F)c1. The van der Waals surface area contributed by atoms with Crippen LogP contribution in [-0.2, 0) is 11.3 Å². The number of halogens is 3. The molecule has 0 atom stereocenters. The van der Waals surface area contributed by atoms with Gasteiger partial charge in [0.2, 0.25) is 11.8 Å². The number of rotatable bonds is 3. The van der Waals surface area contributed by atoms with Gasteiger partial charge in [0, 0.05) is 30.9 Å². The van der Waals surface area contributed by atoms with Gasteiger partial charge in [-0.05, 0) is 25.0 Å². The summed E-state index contributed by atoms with van der Waals surface area (Å²) in [6.45, 7) is -0.0106. The van der Waals surface area contributed by atoms with Crippen molar-refractivity contribution in [1.29, 1.82) is 5.26 Å². The maximum Gasteiger partial charge on any atom is 0.248 e. The molecule has 1 fully saturated rings. The summed E-state index contributed by atoms with van der Waals surface area (Å²) >= 11 is 0. The Bertz CT molecular complexity index is 571. The third kappa shape index (κ3) is 3.97. The van der Waals surface area contributed by atoms with E-state index < -0.39 is 17.7 Å². The molecule has 6 heteroatoms. The van der Waals surface area contributed by atoms with Crippen molar-refractivity contribution in [2.75, 3.05) is 0 Å². The van der Waals surface area contributed by atoms with Crippen molar-refractivity contribution in [3.8, 4) is 6.07 Å². The quantitative estimate of drug-likeness (QED) is 0.931. The highest BCUT2D eigenvalue weighted by atomic mass is 19.3. The van der Waals surface area contributed by atoms with Crippen LogP contribution in [0.15, 0.2) is 18.2 Å². The first-order valence-corrected chi connectivity index (χ1v) is 6.75. The van der Waals surface area contributed by atoms with E-state index in [1.165, 1.54) is 12.1 Å². The molecule has 0 aromatic heterocycles. The van der Waals surface area contributed by atoms with Crippen molar-refractivity contribution in [2.24, 2.45) is 5.92 Å². The van der Waals surface area contributed by atoms with E-state index in [1.807, 2.05) is 6.07 Å². The number of carbonyl (C=O) groups excluding carboxylic acids is 1. The molecule has 1 aliphatic rings. The van der Waals surface area contributed by atoms with E-state index in [-0.39, 0.29) is 49.3 Å². The van der Waals surface area contributed by atoms with Gasteiger partial charge in [-0.3, -0.25) is 4.79 Å². The van der Waals surface area contributed by atoms with E-state index in [9.17, 15) is 18.0 Å². The molecule has 1 aliphatic carbocycles. The molecule has 0 spiro atoms. The third-order valence-corrected chi connectivity index (χ3v) is 3.72. The predicted octanol–water partition coefficient (Wildman–Crippen LogP) is 3.14. The lowest BCUT2D eigenvalue weighted by Crippen LogP contribution is -2.35. The lowest BCUT2D eigenvalue weighted by Gasteiger charge is -2.27. The van der Waals surface area contributed by atoms with Crippen LogP contribution in [0.25, 0.3) is 0 Å². The maximum atomic E-state index is 13.6. The molecule has 21 heavy (non-hydrogen) atoms. The van der Waals surface area contributed by atoms with E-state index in [4.69, 9.17) is 5.26 Å². The highest BCUT2D eigenvalue weighted by molar-refractivity contribution is 5.78. The van der Waals surface area contributed by atoms with Gasteiger partial charge in [-0.2, -0.15) is 5.26 Å². The molecule has 3 nitrogen and oxygen atoms in total. The van der Waals surface area contributed by atoms with E-state index in [1.54, 1.807) is 0 Å². The van der Waals surface area contributed by atoms with Crippen molar-refractivity contribution < 1.29 is 18.0 Å². The molecule has 1 aromatic rings. The van der Waals surface area contributed by atoms with Crippen LogP contribution in [0, 0.1) is 23.1 Å². The number of alkyl halides is 2. The number of benzene rings is 1. The lowest BCUT2D eigenvalue weighted by atomic mass is 9.86. The molecule has 1 saturated carbocycles. The minimum absolute atomic E-state index is 0.0106. The molecule has 1 aromatic carbocycles. The van der Waals surface area contributed by atoms with Gasteiger partial charge >= 0.3 is 0 Å². The fraction of sp³-hybridized carbons (Fsp3) is 0.467. The average molecular weight is 296 g/mol. The Kier molecular flexibility index (Phi) is 4.51. The molecule has 112 valence electrons. The predicted molar refractivity (Wildman–Crippen MR) is 69.9 cm³/mol. The summed E-state index contributed by atoms with van der Waals surface area (Å²) in [5, 5.41) is 11.2. The zero-order chi connectivity index (χ0) is 15.5.